The lowest BCUT2D eigenvalue weighted by atomic mass is 9.94. The molecule has 0 bridgehead atoms. The van der Waals surface area contributed by atoms with E-state index in [1.165, 1.54) is 17.9 Å². The Labute approximate surface area is 197 Å². The first kappa shape index (κ1) is 26.6. The van der Waals surface area contributed by atoms with E-state index in [4.69, 9.17) is 13.9 Å². The van der Waals surface area contributed by atoms with E-state index in [-0.39, 0.29) is 17.2 Å². The first-order valence-electron chi connectivity index (χ1n) is 10.8. The number of carbonyl (C=O) groups is 2. The van der Waals surface area contributed by atoms with Crippen LogP contribution in [0.25, 0.3) is 10.9 Å². The molecule has 1 N–H and O–H groups in total. The molecule has 0 saturated carbocycles. The number of aliphatic hydroxyl groups is 1. The number of methoxy groups -OCH3 is 1. The molecule has 2 rings (SSSR count). The maximum absolute atomic E-state index is 12.8. The molecule has 8 heteroatoms. The fraction of sp³-hybridized carbons (Fsp3) is 0.520. The number of ether oxygens (including phenoxy) is 2. The van der Waals surface area contributed by atoms with E-state index in [0.29, 0.717) is 10.9 Å². The van der Waals surface area contributed by atoms with Crippen LogP contribution in [0.15, 0.2) is 30.5 Å². The van der Waals surface area contributed by atoms with Crippen molar-refractivity contribution in [2.75, 3.05) is 13.7 Å². The number of hydrogen-bond acceptors (Lipinski definition) is 6. The van der Waals surface area contributed by atoms with Gasteiger partial charge in [-0.2, -0.15) is 0 Å². The van der Waals surface area contributed by atoms with E-state index in [9.17, 15) is 14.7 Å². The molecular weight excluding hydrogens is 438 g/mol. The minimum atomic E-state index is -2.29. The van der Waals surface area contributed by atoms with E-state index in [2.05, 4.69) is 45.7 Å². The van der Waals surface area contributed by atoms with Crippen LogP contribution in [0.3, 0.4) is 0 Å². The van der Waals surface area contributed by atoms with E-state index < -0.39 is 31.6 Å². The third-order valence-electron chi connectivity index (χ3n) is 5.75. The fourth-order valence-corrected chi connectivity index (χ4v) is 3.77. The van der Waals surface area contributed by atoms with Crippen LogP contribution >= 0.6 is 0 Å². The van der Waals surface area contributed by atoms with Gasteiger partial charge in [-0.1, -0.05) is 44.9 Å². The Morgan fingerprint density at radius 2 is 1.70 bits per heavy atom. The lowest BCUT2D eigenvalue weighted by molar-refractivity contribution is -0.157. The first-order chi connectivity index (χ1) is 15.0. The second-order valence-corrected chi connectivity index (χ2v) is 15.3. The average Bonchev–Trinajstić information content (AvgIpc) is 3.09. The van der Waals surface area contributed by atoms with Crippen LogP contribution < -0.4 is 0 Å². The van der Waals surface area contributed by atoms with Crippen LogP contribution in [0.1, 0.15) is 47.1 Å². The van der Waals surface area contributed by atoms with Gasteiger partial charge in [0.1, 0.15) is 5.60 Å². The fourth-order valence-electron chi connectivity index (χ4n) is 2.90. The summed E-state index contributed by atoms with van der Waals surface area (Å²) in [5, 5.41) is 11.9. The summed E-state index contributed by atoms with van der Waals surface area (Å²) in [6.45, 7) is 15.9. The van der Waals surface area contributed by atoms with Crippen LogP contribution in [0.5, 0.6) is 0 Å². The largest absolute Gasteiger partial charge is 0.466 e. The molecule has 1 aromatic carbocycles. The Balaban J connectivity index is 2.54. The molecule has 1 atom stereocenters. The van der Waals surface area contributed by atoms with Crippen molar-refractivity contribution in [1.82, 2.24) is 4.57 Å². The Morgan fingerprint density at radius 1 is 1.09 bits per heavy atom. The van der Waals surface area contributed by atoms with Crippen LogP contribution in [0.2, 0.25) is 18.1 Å². The first-order valence-corrected chi connectivity index (χ1v) is 13.7. The summed E-state index contributed by atoms with van der Waals surface area (Å²) in [6, 6.07) is 6.90. The topological polar surface area (TPSA) is 87.0 Å². The molecule has 2 aromatic rings. The zero-order valence-electron chi connectivity index (χ0n) is 21.0. The number of aromatic nitrogens is 1. The number of para-hydroxylation sites is 1. The van der Waals surface area contributed by atoms with Crippen molar-refractivity contribution in [1.29, 1.82) is 0 Å². The lowest BCUT2D eigenvalue weighted by Crippen LogP contribution is -2.41. The minimum Gasteiger partial charge on any atom is -0.466 e. The SMILES string of the molecule is COC(=O)C(O)(C#CCO[Si](C)(C)C(C)(C)C)c1cn(C(=O)OC(C)(C)C)c2ccccc12. The molecule has 7 nitrogen and oxygen atoms in total. The average molecular weight is 474 g/mol. The summed E-state index contributed by atoms with van der Waals surface area (Å²) >= 11 is 0. The van der Waals surface area contributed by atoms with Gasteiger partial charge < -0.3 is 19.0 Å². The zero-order chi connectivity index (χ0) is 25.2. The van der Waals surface area contributed by atoms with Gasteiger partial charge in [-0.05, 0) is 50.9 Å². The van der Waals surface area contributed by atoms with Gasteiger partial charge in [0.05, 0.1) is 19.2 Å². The molecule has 0 radical (unpaired) electrons. The molecule has 1 unspecified atom stereocenters. The number of benzene rings is 1. The Bertz CT molecular complexity index is 1090. The number of rotatable bonds is 4. The van der Waals surface area contributed by atoms with Gasteiger partial charge in [-0.25, -0.2) is 9.59 Å². The van der Waals surface area contributed by atoms with Gasteiger partial charge in [-0.3, -0.25) is 4.57 Å². The van der Waals surface area contributed by atoms with Gasteiger partial charge in [-0.15, -0.1) is 0 Å². The molecule has 1 aromatic heterocycles. The molecule has 0 saturated heterocycles. The minimum absolute atomic E-state index is 0.00578. The number of fused-ring (bicyclic) bond motifs is 1. The maximum atomic E-state index is 12.8. The highest BCUT2D eigenvalue weighted by molar-refractivity contribution is 6.74. The summed E-state index contributed by atoms with van der Waals surface area (Å²) in [6.07, 6.45) is 0.741. The highest BCUT2D eigenvalue weighted by atomic mass is 28.4. The molecule has 0 aliphatic carbocycles. The number of nitrogens with zero attached hydrogens (tertiary/aromatic N) is 1. The molecule has 0 fully saturated rings. The zero-order valence-corrected chi connectivity index (χ0v) is 22.0. The van der Waals surface area contributed by atoms with Crippen molar-refractivity contribution >= 4 is 31.3 Å². The summed E-state index contributed by atoms with van der Waals surface area (Å²) in [7, 11) is -0.884. The van der Waals surface area contributed by atoms with E-state index in [1.54, 1.807) is 45.0 Å². The van der Waals surface area contributed by atoms with Crippen LogP contribution in [0.4, 0.5) is 4.79 Å². The second kappa shape index (κ2) is 9.33. The third-order valence-corrected chi connectivity index (χ3v) is 10.2. The second-order valence-electron chi connectivity index (χ2n) is 10.5. The van der Waals surface area contributed by atoms with E-state index in [1.807, 2.05) is 0 Å². The van der Waals surface area contributed by atoms with Crippen molar-refractivity contribution in [3.05, 3.63) is 36.0 Å². The monoisotopic (exact) mass is 473 g/mol. The smallest absolute Gasteiger partial charge is 0.419 e. The molecule has 180 valence electrons. The third kappa shape index (κ3) is 5.85. The Hall–Kier alpha value is -2.60. The van der Waals surface area contributed by atoms with Gasteiger partial charge in [0.25, 0.3) is 5.60 Å². The van der Waals surface area contributed by atoms with E-state index in [0.717, 1.165) is 0 Å². The normalized spacial score (nSPS) is 14.2. The van der Waals surface area contributed by atoms with Crippen LogP contribution in [-0.2, 0) is 24.3 Å². The summed E-state index contributed by atoms with van der Waals surface area (Å²) in [5.41, 5.74) is -2.40. The molecule has 33 heavy (non-hydrogen) atoms. The maximum Gasteiger partial charge on any atom is 0.419 e. The predicted molar refractivity (Wildman–Crippen MR) is 130 cm³/mol. The van der Waals surface area contributed by atoms with Crippen LogP contribution in [-0.4, -0.2) is 49.4 Å². The van der Waals surface area contributed by atoms with Crippen molar-refractivity contribution in [2.45, 2.75) is 70.9 Å². The molecule has 0 spiro atoms. The number of esters is 1. The molecule has 0 aliphatic heterocycles. The summed E-state index contributed by atoms with van der Waals surface area (Å²) in [4.78, 5) is 25.5. The van der Waals surface area contributed by atoms with Gasteiger partial charge in [0, 0.05) is 17.1 Å². The highest BCUT2D eigenvalue weighted by Gasteiger charge is 2.41. The van der Waals surface area contributed by atoms with Gasteiger partial charge in [0.15, 0.2) is 8.32 Å². The predicted octanol–water partition coefficient (Wildman–Crippen LogP) is 4.81. The van der Waals surface area contributed by atoms with Crippen molar-refractivity contribution in [2.24, 2.45) is 0 Å². The molecule has 0 amide bonds. The number of carbonyl (C=O) groups excluding carboxylic acids is 2. The van der Waals surface area contributed by atoms with Gasteiger partial charge in [0.2, 0.25) is 0 Å². The van der Waals surface area contributed by atoms with Crippen LogP contribution in [0, 0.1) is 11.8 Å². The Morgan fingerprint density at radius 3 is 2.24 bits per heavy atom. The molecule has 0 aliphatic rings. The quantitative estimate of drug-likeness (QED) is 0.390. The van der Waals surface area contributed by atoms with Crippen molar-refractivity contribution in [3.63, 3.8) is 0 Å². The molecular formula is C25H35NO6Si. The standard InChI is InChI=1S/C25H35NO6Si/c1-23(2,3)32-22(28)26-17-19(18-13-10-11-14-20(18)26)25(29,21(27)30-7)15-12-16-31-33(8,9)24(4,5)6/h10-11,13-14,17,29H,16H2,1-9H3. The van der Waals surface area contributed by atoms with Gasteiger partial charge >= 0.3 is 12.1 Å². The Kier molecular flexibility index (Phi) is 7.54. The van der Waals surface area contributed by atoms with Crippen molar-refractivity contribution < 1.29 is 28.6 Å². The highest BCUT2D eigenvalue weighted by Crippen LogP contribution is 2.36. The number of hydrogen-bond donors (Lipinski definition) is 1. The van der Waals surface area contributed by atoms with E-state index >= 15 is 0 Å². The lowest BCUT2D eigenvalue weighted by Gasteiger charge is -2.35. The molecule has 1 heterocycles. The van der Waals surface area contributed by atoms with Crippen molar-refractivity contribution in [3.8, 4) is 11.8 Å². The summed E-state index contributed by atoms with van der Waals surface area (Å²) in [5.74, 6) is 4.49. The summed E-state index contributed by atoms with van der Waals surface area (Å²) < 4.78 is 17.7.